The molecule has 3 atom stereocenters. The number of aliphatic hydroxyl groups is 1. The quantitative estimate of drug-likeness (QED) is 0.781. The van der Waals surface area contributed by atoms with Gasteiger partial charge >= 0.3 is 0 Å². The summed E-state index contributed by atoms with van der Waals surface area (Å²) in [6.07, 6.45) is 3.11. The van der Waals surface area contributed by atoms with Crippen LogP contribution in [0.5, 0.6) is 11.5 Å². The Kier molecular flexibility index (Phi) is 6.93. The minimum atomic E-state index is -1.27. The molecule has 0 spiro atoms. The second kappa shape index (κ2) is 8.76. The third kappa shape index (κ3) is 4.50. The van der Waals surface area contributed by atoms with Gasteiger partial charge in [-0.25, -0.2) is 0 Å². The van der Waals surface area contributed by atoms with Crippen LogP contribution in [0.3, 0.4) is 0 Å². The Balaban J connectivity index is 2.03. The van der Waals surface area contributed by atoms with Crippen molar-refractivity contribution in [1.82, 2.24) is 5.32 Å². The van der Waals surface area contributed by atoms with Gasteiger partial charge in [-0.3, -0.25) is 4.79 Å². The monoisotopic (exact) mass is 363 g/mol. The lowest BCUT2D eigenvalue weighted by atomic mass is 9.66. The molecule has 1 fully saturated rings. The summed E-state index contributed by atoms with van der Waals surface area (Å²) in [5, 5.41) is 14.1. The highest BCUT2D eigenvalue weighted by Crippen LogP contribution is 2.41. The van der Waals surface area contributed by atoms with E-state index in [1.807, 2.05) is 18.2 Å². The Morgan fingerprint density at radius 2 is 2.04 bits per heavy atom. The lowest BCUT2D eigenvalue weighted by Gasteiger charge is -2.43. The van der Waals surface area contributed by atoms with Gasteiger partial charge in [0.1, 0.15) is 17.1 Å². The fourth-order valence-corrected chi connectivity index (χ4v) is 4.17. The molecule has 3 unspecified atom stereocenters. The number of carbonyl (C=O) groups excluding carboxylic acids is 1. The van der Waals surface area contributed by atoms with Gasteiger partial charge in [-0.1, -0.05) is 27.2 Å². The lowest BCUT2D eigenvalue weighted by Crippen LogP contribution is -2.56. The average Bonchev–Trinajstić information content (AvgIpc) is 2.61. The third-order valence-electron chi connectivity index (χ3n) is 5.61. The van der Waals surface area contributed by atoms with Crippen LogP contribution in [0.2, 0.25) is 0 Å². The van der Waals surface area contributed by atoms with Crippen molar-refractivity contribution in [2.75, 3.05) is 20.8 Å². The molecule has 0 heterocycles. The summed E-state index contributed by atoms with van der Waals surface area (Å²) in [5.41, 5.74) is -0.304. The van der Waals surface area contributed by atoms with Crippen molar-refractivity contribution in [1.29, 1.82) is 0 Å². The zero-order chi connectivity index (χ0) is 19.3. The summed E-state index contributed by atoms with van der Waals surface area (Å²) in [5.74, 6) is 1.92. The number of carbonyl (C=O) groups is 1. The minimum Gasteiger partial charge on any atom is -0.497 e. The summed E-state index contributed by atoms with van der Waals surface area (Å²) in [7, 11) is 3.25. The topological polar surface area (TPSA) is 67.8 Å². The van der Waals surface area contributed by atoms with Crippen molar-refractivity contribution < 1.29 is 19.4 Å². The van der Waals surface area contributed by atoms with Gasteiger partial charge in [-0.15, -0.1) is 0 Å². The number of nitrogens with one attached hydrogen (secondary N) is 1. The molecule has 26 heavy (non-hydrogen) atoms. The van der Waals surface area contributed by atoms with Gasteiger partial charge in [0.05, 0.1) is 14.2 Å². The van der Waals surface area contributed by atoms with Crippen molar-refractivity contribution in [3.05, 3.63) is 23.8 Å². The number of hydrogen-bond acceptors (Lipinski definition) is 4. The molecule has 1 saturated carbocycles. The molecule has 1 amide bonds. The first-order valence-electron chi connectivity index (χ1n) is 9.53. The number of ether oxygens (including phenoxy) is 2. The summed E-state index contributed by atoms with van der Waals surface area (Å²) in [6.45, 7) is 6.72. The van der Waals surface area contributed by atoms with Crippen LogP contribution in [-0.2, 0) is 11.2 Å². The maximum absolute atomic E-state index is 12.8. The van der Waals surface area contributed by atoms with E-state index in [2.05, 4.69) is 26.1 Å². The zero-order valence-corrected chi connectivity index (χ0v) is 16.7. The average molecular weight is 363 g/mol. The molecule has 0 aromatic heterocycles. The highest BCUT2D eigenvalue weighted by atomic mass is 16.5. The van der Waals surface area contributed by atoms with Crippen molar-refractivity contribution in [2.24, 2.45) is 17.8 Å². The molecule has 0 bridgehead atoms. The van der Waals surface area contributed by atoms with Crippen LogP contribution in [0.1, 0.15) is 45.6 Å². The van der Waals surface area contributed by atoms with Gasteiger partial charge in [-0.2, -0.15) is 0 Å². The number of amides is 1. The standard InChI is InChI=1S/C21H33NO4/c1-14(2)18-8-6-15(3)13-21(18,24)20(23)22-11-10-16-12-17(25-4)7-9-19(16)26-5/h7,9,12,14-15,18,24H,6,8,10-11,13H2,1-5H3,(H,22,23). The molecule has 0 radical (unpaired) electrons. The molecule has 2 rings (SSSR count). The molecule has 1 aromatic carbocycles. The molecular formula is C21H33NO4. The van der Waals surface area contributed by atoms with Crippen molar-refractivity contribution >= 4 is 5.91 Å². The molecule has 0 aliphatic heterocycles. The SMILES string of the molecule is COc1ccc(OC)c(CCNC(=O)C2(O)CC(C)CCC2C(C)C)c1. The first-order valence-corrected chi connectivity index (χ1v) is 9.53. The van der Waals surface area contributed by atoms with E-state index in [-0.39, 0.29) is 17.7 Å². The van der Waals surface area contributed by atoms with Crippen LogP contribution in [0.25, 0.3) is 0 Å². The summed E-state index contributed by atoms with van der Waals surface area (Å²) in [6, 6.07) is 5.63. The third-order valence-corrected chi connectivity index (χ3v) is 5.61. The van der Waals surface area contributed by atoms with Crippen LogP contribution in [0.4, 0.5) is 0 Å². The predicted molar refractivity (Wildman–Crippen MR) is 103 cm³/mol. The summed E-state index contributed by atoms with van der Waals surface area (Å²) >= 11 is 0. The summed E-state index contributed by atoms with van der Waals surface area (Å²) in [4.78, 5) is 12.8. The van der Waals surface area contributed by atoms with Crippen LogP contribution in [0.15, 0.2) is 18.2 Å². The van der Waals surface area contributed by atoms with Gasteiger partial charge in [0.25, 0.3) is 5.91 Å². The van der Waals surface area contributed by atoms with Gasteiger partial charge < -0.3 is 19.9 Å². The Hall–Kier alpha value is -1.75. The van der Waals surface area contributed by atoms with Gasteiger partial charge in [0.2, 0.25) is 0 Å². The molecule has 2 N–H and O–H groups in total. The van der Waals surface area contributed by atoms with E-state index < -0.39 is 5.60 Å². The lowest BCUT2D eigenvalue weighted by molar-refractivity contribution is -0.155. The van der Waals surface area contributed by atoms with E-state index in [4.69, 9.17) is 9.47 Å². The van der Waals surface area contributed by atoms with Crippen molar-refractivity contribution in [2.45, 2.75) is 52.1 Å². The highest BCUT2D eigenvalue weighted by Gasteiger charge is 2.48. The van der Waals surface area contributed by atoms with Crippen LogP contribution in [-0.4, -0.2) is 37.4 Å². The molecule has 5 heteroatoms. The molecule has 1 aliphatic rings. The van der Waals surface area contributed by atoms with E-state index in [1.165, 1.54) is 0 Å². The predicted octanol–water partition coefficient (Wildman–Crippen LogP) is 3.19. The largest absolute Gasteiger partial charge is 0.497 e. The van der Waals surface area contributed by atoms with Crippen molar-refractivity contribution in [3.63, 3.8) is 0 Å². The Morgan fingerprint density at radius 1 is 1.31 bits per heavy atom. The van der Waals surface area contributed by atoms with Gasteiger partial charge in [0.15, 0.2) is 0 Å². The first kappa shape index (κ1) is 20.6. The van der Waals surface area contributed by atoms with Crippen LogP contribution in [0, 0.1) is 17.8 Å². The summed E-state index contributed by atoms with van der Waals surface area (Å²) < 4.78 is 10.6. The van der Waals surface area contributed by atoms with E-state index >= 15 is 0 Å². The number of methoxy groups -OCH3 is 2. The highest BCUT2D eigenvalue weighted by molar-refractivity contribution is 5.85. The molecular weight excluding hydrogens is 330 g/mol. The van der Waals surface area contributed by atoms with Crippen LogP contribution >= 0.6 is 0 Å². The molecule has 0 saturated heterocycles. The zero-order valence-electron chi connectivity index (χ0n) is 16.7. The molecule has 146 valence electrons. The fraction of sp³-hybridized carbons (Fsp3) is 0.667. The van der Waals surface area contributed by atoms with E-state index in [9.17, 15) is 9.90 Å². The Bertz CT molecular complexity index is 616. The maximum Gasteiger partial charge on any atom is 0.252 e. The number of hydrogen-bond donors (Lipinski definition) is 2. The van der Waals surface area contributed by atoms with Crippen LogP contribution < -0.4 is 14.8 Å². The maximum atomic E-state index is 12.8. The normalized spacial score (nSPS) is 25.8. The van der Waals surface area contributed by atoms with Gasteiger partial charge in [-0.05, 0) is 60.8 Å². The van der Waals surface area contributed by atoms with E-state index in [0.717, 1.165) is 29.9 Å². The minimum absolute atomic E-state index is 0.00468. The molecule has 1 aliphatic carbocycles. The number of rotatable bonds is 7. The van der Waals surface area contributed by atoms with E-state index in [1.54, 1.807) is 14.2 Å². The number of benzene rings is 1. The smallest absolute Gasteiger partial charge is 0.252 e. The van der Waals surface area contributed by atoms with E-state index in [0.29, 0.717) is 25.3 Å². The fourth-order valence-electron chi connectivity index (χ4n) is 4.17. The molecule has 5 nitrogen and oxygen atoms in total. The Morgan fingerprint density at radius 3 is 2.65 bits per heavy atom. The van der Waals surface area contributed by atoms with Gasteiger partial charge in [0, 0.05) is 6.54 Å². The molecule has 1 aromatic rings. The second-order valence-electron chi connectivity index (χ2n) is 7.85. The second-order valence-corrected chi connectivity index (χ2v) is 7.85. The van der Waals surface area contributed by atoms with Crippen molar-refractivity contribution in [3.8, 4) is 11.5 Å². The Labute approximate surface area is 157 Å². The first-order chi connectivity index (χ1) is 12.3.